The molecule has 234 valence electrons. The van der Waals surface area contributed by atoms with Gasteiger partial charge >= 0.3 is 6.18 Å². The minimum Gasteiger partial charge on any atom is -0.504 e. The fourth-order valence-corrected chi connectivity index (χ4v) is 8.69. The van der Waals surface area contributed by atoms with Crippen LogP contribution in [0.25, 0.3) is 0 Å². The molecule has 6 nitrogen and oxygen atoms in total. The number of benzene rings is 3. The Labute approximate surface area is 260 Å². The minimum absolute atomic E-state index is 0.0207. The van der Waals surface area contributed by atoms with Crippen molar-refractivity contribution in [2.24, 2.45) is 5.92 Å². The fraction of sp³-hybridized carbons (Fsp3) is 0.417. The second kappa shape index (κ2) is 10.5. The highest BCUT2D eigenvalue weighted by molar-refractivity contribution is 5.94. The van der Waals surface area contributed by atoms with E-state index in [1.54, 1.807) is 18.0 Å². The van der Waals surface area contributed by atoms with E-state index in [2.05, 4.69) is 28.9 Å². The molecule has 0 unspecified atom stereocenters. The molecule has 7 rings (SSSR count). The maximum absolute atomic E-state index is 13.5. The molecule has 1 amide bonds. The molecule has 1 saturated heterocycles. The zero-order valence-electron chi connectivity index (χ0n) is 25.1. The molecule has 3 aromatic rings. The summed E-state index contributed by atoms with van der Waals surface area (Å²) >= 11 is 0. The first-order chi connectivity index (χ1) is 21.4. The van der Waals surface area contributed by atoms with Crippen LogP contribution in [-0.4, -0.2) is 69.8 Å². The van der Waals surface area contributed by atoms with E-state index in [0.29, 0.717) is 30.6 Å². The Bertz CT molecular complexity index is 1700. The zero-order chi connectivity index (χ0) is 31.7. The van der Waals surface area contributed by atoms with E-state index < -0.39 is 40.8 Å². The monoisotopic (exact) mass is 616 g/mol. The van der Waals surface area contributed by atoms with Crippen LogP contribution >= 0.6 is 0 Å². The molecule has 2 heterocycles. The largest absolute Gasteiger partial charge is 0.504 e. The van der Waals surface area contributed by atoms with E-state index in [-0.39, 0.29) is 17.7 Å². The van der Waals surface area contributed by atoms with E-state index in [9.17, 15) is 28.2 Å². The predicted octanol–water partition coefficient (Wildman–Crippen LogP) is 4.93. The number of rotatable bonds is 4. The van der Waals surface area contributed by atoms with Gasteiger partial charge in [-0.1, -0.05) is 49.2 Å². The van der Waals surface area contributed by atoms with Crippen molar-refractivity contribution in [2.75, 3.05) is 20.1 Å². The maximum atomic E-state index is 13.5. The summed E-state index contributed by atoms with van der Waals surface area (Å²) in [6.07, 6.45) is -2.51. The number of phenols is 1. The third kappa shape index (κ3) is 4.44. The quantitative estimate of drug-likeness (QED) is 0.407. The summed E-state index contributed by atoms with van der Waals surface area (Å²) in [5, 5.41) is 23.9. The summed E-state index contributed by atoms with van der Waals surface area (Å²) in [6.45, 7) is 3.57. The van der Waals surface area contributed by atoms with Crippen molar-refractivity contribution in [2.45, 2.75) is 68.0 Å². The molecular weight excluding hydrogens is 581 g/mol. The number of amides is 1. The van der Waals surface area contributed by atoms with Gasteiger partial charge in [0.05, 0.1) is 22.6 Å². The maximum Gasteiger partial charge on any atom is 0.416 e. The first kappa shape index (κ1) is 29.7. The molecule has 6 atom stereocenters. The number of ether oxygens (including phenoxy) is 1. The first-order valence-electron chi connectivity index (χ1n) is 15.4. The van der Waals surface area contributed by atoms with E-state index in [1.165, 1.54) is 17.7 Å². The topological polar surface area (TPSA) is 73.2 Å². The van der Waals surface area contributed by atoms with Gasteiger partial charge in [0.25, 0.3) is 5.91 Å². The van der Waals surface area contributed by atoms with Gasteiger partial charge in [0.15, 0.2) is 11.5 Å². The van der Waals surface area contributed by atoms with Crippen molar-refractivity contribution in [3.8, 4) is 23.3 Å². The molecular formula is C36H35F3N2O4. The van der Waals surface area contributed by atoms with Gasteiger partial charge in [0.1, 0.15) is 6.10 Å². The van der Waals surface area contributed by atoms with E-state index in [1.807, 2.05) is 31.2 Å². The number of nitrogens with zero attached hydrogens (tertiary/aromatic N) is 2. The van der Waals surface area contributed by atoms with Gasteiger partial charge < -0.3 is 19.8 Å². The molecule has 2 aliphatic heterocycles. The van der Waals surface area contributed by atoms with Crippen LogP contribution in [0.5, 0.6) is 11.5 Å². The molecule has 3 aromatic carbocycles. The normalized spacial score (nSPS) is 29.6. The van der Waals surface area contributed by atoms with Crippen LogP contribution in [0, 0.1) is 17.8 Å². The molecule has 1 saturated carbocycles. The number of hydrogen-bond acceptors (Lipinski definition) is 5. The van der Waals surface area contributed by atoms with E-state index in [4.69, 9.17) is 4.74 Å². The Hall–Kier alpha value is -4.00. The predicted molar refractivity (Wildman–Crippen MR) is 162 cm³/mol. The van der Waals surface area contributed by atoms with Gasteiger partial charge in [0, 0.05) is 36.7 Å². The number of alkyl halides is 3. The zero-order valence-corrected chi connectivity index (χ0v) is 25.1. The molecule has 0 aromatic heterocycles. The number of carbonyl (C=O) groups is 1. The Morgan fingerprint density at radius 3 is 2.56 bits per heavy atom. The lowest BCUT2D eigenvalue weighted by atomic mass is 9.45. The van der Waals surface area contributed by atoms with Crippen LogP contribution in [0.1, 0.15) is 47.6 Å². The second-order valence-corrected chi connectivity index (χ2v) is 13.0. The van der Waals surface area contributed by atoms with Crippen molar-refractivity contribution < 1.29 is 32.9 Å². The average Bonchev–Trinajstić information content (AvgIpc) is 3.38. The van der Waals surface area contributed by atoms with Gasteiger partial charge in [-0.2, -0.15) is 13.2 Å². The fourth-order valence-electron chi connectivity index (χ4n) is 8.69. The highest BCUT2D eigenvalue weighted by Crippen LogP contribution is 2.67. The van der Waals surface area contributed by atoms with Crippen molar-refractivity contribution in [3.63, 3.8) is 0 Å². The minimum atomic E-state index is -4.45. The van der Waals surface area contributed by atoms with Crippen LogP contribution in [0.3, 0.4) is 0 Å². The number of halogens is 3. The molecule has 4 aliphatic rings. The van der Waals surface area contributed by atoms with Gasteiger partial charge in [-0.3, -0.25) is 9.69 Å². The van der Waals surface area contributed by atoms with Gasteiger partial charge in [-0.15, -0.1) is 0 Å². The van der Waals surface area contributed by atoms with Crippen LogP contribution in [0.15, 0.2) is 66.7 Å². The number of aliphatic hydroxyl groups is 1. The standard InChI is InChI=1S/C36H35F3N2O4/c1-22-20-27(40(2)30(43)15-10-24-8-12-26(13-9-24)36(37,38)39)33-34-17-19-41(18-16-23-6-4-3-5-7-23)29(35(22,34)44)21-25-11-14-28(42)32(45-33)31(25)34/h3-9,11-14,22,27,29,33,42,44H,16-21H2,1-2H3/t22-,27-,29+,33+,34-,35+/m0/s1. The Balaban J connectivity index is 1.21. The lowest BCUT2D eigenvalue weighted by Gasteiger charge is -2.66. The van der Waals surface area contributed by atoms with Crippen LogP contribution in [-0.2, 0) is 29.2 Å². The molecule has 1 spiro atoms. The Kier molecular flexibility index (Phi) is 6.95. The van der Waals surface area contributed by atoms with Crippen molar-refractivity contribution >= 4 is 5.91 Å². The van der Waals surface area contributed by atoms with Crippen LogP contribution in [0.2, 0.25) is 0 Å². The van der Waals surface area contributed by atoms with Crippen molar-refractivity contribution in [3.05, 3.63) is 94.5 Å². The smallest absolute Gasteiger partial charge is 0.416 e. The van der Waals surface area contributed by atoms with E-state index in [0.717, 1.165) is 42.8 Å². The highest BCUT2D eigenvalue weighted by Gasteiger charge is 2.75. The van der Waals surface area contributed by atoms with Gasteiger partial charge in [-0.05, 0) is 79.6 Å². The number of hydrogen-bond donors (Lipinski definition) is 2. The van der Waals surface area contributed by atoms with Crippen molar-refractivity contribution in [1.29, 1.82) is 0 Å². The molecule has 0 radical (unpaired) electrons. The number of likely N-dealkylation sites (N-methyl/N-ethyl adjacent to an activating group) is 1. The summed E-state index contributed by atoms with van der Waals surface area (Å²) in [5.74, 6) is 5.01. The third-order valence-corrected chi connectivity index (χ3v) is 10.8. The number of phenolic OH excluding ortho intramolecular Hbond substituents is 1. The van der Waals surface area contributed by atoms with Crippen molar-refractivity contribution in [1.82, 2.24) is 9.80 Å². The van der Waals surface area contributed by atoms with Crippen LogP contribution < -0.4 is 4.74 Å². The second-order valence-electron chi connectivity index (χ2n) is 13.0. The Morgan fingerprint density at radius 2 is 1.84 bits per heavy atom. The Morgan fingerprint density at radius 1 is 1.11 bits per heavy atom. The van der Waals surface area contributed by atoms with Crippen LogP contribution in [0.4, 0.5) is 13.2 Å². The summed E-state index contributed by atoms with van der Waals surface area (Å²) in [7, 11) is 1.66. The van der Waals surface area contributed by atoms with Gasteiger partial charge in [-0.25, -0.2) is 0 Å². The highest BCUT2D eigenvalue weighted by atomic mass is 19.4. The lowest BCUT2D eigenvalue weighted by Crippen LogP contribution is -2.80. The number of likely N-dealkylation sites (tertiary alicyclic amines) is 1. The SMILES string of the molecule is C[C@H]1C[C@H](N(C)C(=O)C#Cc2ccc(C(F)(F)F)cc2)[C@H]2Oc3c(O)ccc4c3[C@@]23CCN(CCc2ccccc2)[C@H](C4)[C@]13O. The molecule has 9 heteroatoms. The average molecular weight is 617 g/mol. The summed E-state index contributed by atoms with van der Waals surface area (Å²) < 4.78 is 45.5. The van der Waals surface area contributed by atoms with E-state index >= 15 is 0 Å². The molecule has 2 N–H and O–H groups in total. The summed E-state index contributed by atoms with van der Waals surface area (Å²) in [5.41, 5.74) is 0.675. The third-order valence-electron chi connectivity index (χ3n) is 10.8. The molecule has 2 aliphatic carbocycles. The number of piperidine rings is 1. The molecule has 2 bridgehead atoms. The number of aromatic hydroxyl groups is 1. The lowest BCUT2D eigenvalue weighted by molar-refractivity contribution is -0.223. The first-order valence-corrected chi connectivity index (χ1v) is 15.4. The van der Waals surface area contributed by atoms with Gasteiger partial charge in [0.2, 0.25) is 0 Å². The number of carbonyl (C=O) groups excluding carboxylic acids is 1. The summed E-state index contributed by atoms with van der Waals surface area (Å²) in [4.78, 5) is 17.4. The molecule has 2 fully saturated rings. The molecule has 45 heavy (non-hydrogen) atoms. The summed E-state index contributed by atoms with van der Waals surface area (Å²) in [6, 6.07) is 17.7.